The molecule has 0 saturated carbocycles. The SMILES string of the molecule is c1ccc(-c2cccc(-c3cccc(-c4cc(-c5ccccc5)nc(-c5cc(-c6ccc7sc8ccccc8c7c6)cc(-c6ccc7sc8ccccc8c7c6)c5)n4)c3)c2)cc1. The van der Waals surface area contributed by atoms with E-state index in [1.165, 1.54) is 51.5 Å². The van der Waals surface area contributed by atoms with E-state index >= 15 is 0 Å². The van der Waals surface area contributed by atoms with Gasteiger partial charge < -0.3 is 0 Å². The van der Waals surface area contributed by atoms with Crippen molar-refractivity contribution in [3.63, 3.8) is 0 Å². The van der Waals surface area contributed by atoms with Crippen LogP contribution in [0.3, 0.4) is 0 Å². The van der Waals surface area contributed by atoms with Gasteiger partial charge in [0.15, 0.2) is 5.82 Å². The molecule has 0 spiro atoms. The molecular weight excluding hydrogens is 789 g/mol. The molecule has 0 fully saturated rings. The first-order chi connectivity index (χ1) is 30.7. The maximum Gasteiger partial charge on any atom is 0.160 e. The van der Waals surface area contributed by atoms with Crippen LogP contribution < -0.4 is 0 Å². The van der Waals surface area contributed by atoms with E-state index in [-0.39, 0.29) is 0 Å². The molecule has 3 heterocycles. The third-order valence-electron chi connectivity index (χ3n) is 11.9. The zero-order valence-corrected chi connectivity index (χ0v) is 35.1. The number of hydrogen-bond acceptors (Lipinski definition) is 4. The van der Waals surface area contributed by atoms with Crippen molar-refractivity contribution in [2.45, 2.75) is 0 Å². The van der Waals surface area contributed by atoms with Crippen LogP contribution >= 0.6 is 22.7 Å². The fourth-order valence-electron chi connectivity index (χ4n) is 8.75. The standard InChI is InChI=1S/C58H36N2S2/c1-3-13-37(14-4-1)39-17-11-18-40(29-39)41-19-12-20-44(30-41)53-36-52(38-15-5-2-6-16-38)59-58(60-53)47-32-45(42-25-27-56-50(34-42)48-21-7-9-23-54(48)61-56)31-46(33-47)43-26-28-57-51(35-43)49-22-8-10-24-55(49)62-57/h1-36H. The fraction of sp³-hybridized carbons (Fsp3) is 0. The Kier molecular flexibility index (Phi) is 8.91. The maximum atomic E-state index is 5.43. The summed E-state index contributed by atoms with van der Waals surface area (Å²) in [6.07, 6.45) is 0. The molecule has 0 amide bonds. The van der Waals surface area contributed by atoms with Crippen LogP contribution in [0, 0.1) is 0 Å². The maximum absolute atomic E-state index is 5.43. The van der Waals surface area contributed by atoms with Gasteiger partial charge in [-0.1, -0.05) is 146 Å². The second-order valence-electron chi connectivity index (χ2n) is 15.8. The van der Waals surface area contributed by atoms with Crippen LogP contribution in [0.1, 0.15) is 0 Å². The lowest BCUT2D eigenvalue weighted by molar-refractivity contribution is 1.18. The lowest BCUT2D eigenvalue weighted by Crippen LogP contribution is -1.97. The minimum absolute atomic E-state index is 0.685. The van der Waals surface area contributed by atoms with Crippen LogP contribution in [0.15, 0.2) is 218 Å². The quantitative estimate of drug-likeness (QED) is 0.160. The Bertz CT molecular complexity index is 3510. The van der Waals surface area contributed by atoms with E-state index in [0.29, 0.717) is 5.82 Å². The summed E-state index contributed by atoms with van der Waals surface area (Å²) >= 11 is 3.69. The van der Waals surface area contributed by atoms with Gasteiger partial charge in [-0.3, -0.25) is 0 Å². The molecule has 0 unspecified atom stereocenters. The molecule has 0 radical (unpaired) electrons. The minimum Gasteiger partial charge on any atom is -0.228 e. The summed E-state index contributed by atoms with van der Waals surface area (Å²) in [5, 5.41) is 5.14. The third-order valence-corrected chi connectivity index (χ3v) is 14.2. The van der Waals surface area contributed by atoms with Gasteiger partial charge in [-0.05, 0) is 117 Å². The Morgan fingerprint density at radius 3 is 1.19 bits per heavy atom. The Morgan fingerprint density at radius 2 is 0.613 bits per heavy atom. The smallest absolute Gasteiger partial charge is 0.160 e. The van der Waals surface area contributed by atoms with E-state index in [1.54, 1.807) is 0 Å². The van der Waals surface area contributed by atoms with E-state index in [2.05, 4.69) is 218 Å². The van der Waals surface area contributed by atoms with Crippen molar-refractivity contribution < 1.29 is 0 Å². The van der Waals surface area contributed by atoms with E-state index < -0.39 is 0 Å². The monoisotopic (exact) mass is 824 g/mol. The zero-order valence-electron chi connectivity index (χ0n) is 33.5. The highest BCUT2D eigenvalue weighted by atomic mass is 32.1. The van der Waals surface area contributed by atoms with Gasteiger partial charge in [-0.15, -0.1) is 22.7 Å². The summed E-state index contributed by atoms with van der Waals surface area (Å²) in [6, 6.07) is 78.8. The Balaban J connectivity index is 1.04. The number of thiophene rings is 2. The Labute approximate surface area is 367 Å². The molecule has 12 aromatic rings. The van der Waals surface area contributed by atoms with Crippen LogP contribution in [-0.4, -0.2) is 9.97 Å². The molecule has 290 valence electrons. The largest absolute Gasteiger partial charge is 0.228 e. The summed E-state index contributed by atoms with van der Waals surface area (Å²) in [5.41, 5.74) is 14.1. The highest BCUT2D eigenvalue weighted by Gasteiger charge is 2.16. The summed E-state index contributed by atoms with van der Waals surface area (Å²) in [7, 11) is 0. The van der Waals surface area contributed by atoms with Gasteiger partial charge in [-0.2, -0.15) is 0 Å². The minimum atomic E-state index is 0.685. The van der Waals surface area contributed by atoms with Crippen molar-refractivity contribution in [1.82, 2.24) is 9.97 Å². The lowest BCUT2D eigenvalue weighted by atomic mass is 9.94. The number of benzene rings is 9. The molecule has 0 aliphatic rings. The summed E-state index contributed by atoms with van der Waals surface area (Å²) in [4.78, 5) is 10.8. The van der Waals surface area contributed by atoms with Crippen LogP contribution in [-0.2, 0) is 0 Å². The highest BCUT2D eigenvalue weighted by Crippen LogP contribution is 2.41. The zero-order chi connectivity index (χ0) is 41.0. The van der Waals surface area contributed by atoms with Crippen molar-refractivity contribution >= 4 is 63.0 Å². The molecule has 0 saturated heterocycles. The van der Waals surface area contributed by atoms with Crippen LogP contribution in [0.2, 0.25) is 0 Å². The summed E-state index contributed by atoms with van der Waals surface area (Å²) in [6.45, 7) is 0. The molecule has 0 aliphatic carbocycles. The normalized spacial score (nSPS) is 11.5. The first-order valence-electron chi connectivity index (χ1n) is 20.9. The van der Waals surface area contributed by atoms with E-state index in [0.717, 1.165) is 61.5 Å². The van der Waals surface area contributed by atoms with Gasteiger partial charge in [0.2, 0.25) is 0 Å². The molecule has 3 aromatic heterocycles. The van der Waals surface area contributed by atoms with E-state index in [9.17, 15) is 0 Å². The van der Waals surface area contributed by atoms with Crippen molar-refractivity contribution in [2.75, 3.05) is 0 Å². The lowest BCUT2D eigenvalue weighted by Gasteiger charge is -2.14. The van der Waals surface area contributed by atoms with Crippen molar-refractivity contribution in [3.8, 4) is 78.4 Å². The molecule has 12 rings (SSSR count). The molecule has 0 atom stereocenters. The van der Waals surface area contributed by atoms with Gasteiger partial charge >= 0.3 is 0 Å². The van der Waals surface area contributed by atoms with Gasteiger partial charge in [0.1, 0.15) is 0 Å². The van der Waals surface area contributed by atoms with Gasteiger partial charge in [0.05, 0.1) is 11.4 Å². The first kappa shape index (κ1) is 36.4. The molecule has 62 heavy (non-hydrogen) atoms. The first-order valence-corrected chi connectivity index (χ1v) is 22.5. The number of aromatic nitrogens is 2. The van der Waals surface area contributed by atoms with Gasteiger partial charge in [0, 0.05) is 57.0 Å². The summed E-state index contributed by atoms with van der Waals surface area (Å²) in [5.74, 6) is 0.685. The Morgan fingerprint density at radius 1 is 0.226 bits per heavy atom. The van der Waals surface area contributed by atoms with Gasteiger partial charge in [0.25, 0.3) is 0 Å². The average molecular weight is 825 g/mol. The molecule has 0 bridgehead atoms. The number of nitrogens with zero attached hydrogens (tertiary/aromatic N) is 2. The molecular formula is C58H36N2S2. The fourth-order valence-corrected chi connectivity index (χ4v) is 10.9. The predicted molar refractivity (Wildman–Crippen MR) is 266 cm³/mol. The Hall–Kier alpha value is -7.50. The van der Waals surface area contributed by atoms with Gasteiger partial charge in [-0.25, -0.2) is 9.97 Å². The van der Waals surface area contributed by atoms with Crippen molar-refractivity contribution in [3.05, 3.63) is 218 Å². The topological polar surface area (TPSA) is 25.8 Å². The van der Waals surface area contributed by atoms with E-state index in [1.807, 2.05) is 22.7 Å². The van der Waals surface area contributed by atoms with Crippen molar-refractivity contribution in [2.24, 2.45) is 0 Å². The number of fused-ring (bicyclic) bond motifs is 6. The van der Waals surface area contributed by atoms with Crippen LogP contribution in [0.5, 0.6) is 0 Å². The number of hydrogen-bond donors (Lipinski definition) is 0. The predicted octanol–water partition coefficient (Wildman–Crippen LogP) is 16.9. The highest BCUT2D eigenvalue weighted by molar-refractivity contribution is 7.26. The number of rotatable bonds is 7. The second-order valence-corrected chi connectivity index (χ2v) is 17.9. The average Bonchev–Trinajstić information content (AvgIpc) is 3.92. The van der Waals surface area contributed by atoms with Crippen LogP contribution in [0.25, 0.3) is 119 Å². The van der Waals surface area contributed by atoms with Crippen molar-refractivity contribution in [1.29, 1.82) is 0 Å². The molecule has 0 N–H and O–H groups in total. The third kappa shape index (κ3) is 6.67. The molecule has 0 aliphatic heterocycles. The molecule has 2 nitrogen and oxygen atoms in total. The van der Waals surface area contributed by atoms with Crippen LogP contribution in [0.4, 0.5) is 0 Å². The second kappa shape index (κ2) is 15.2. The van der Waals surface area contributed by atoms with E-state index in [4.69, 9.17) is 9.97 Å². The molecule has 4 heteroatoms. The molecule has 9 aromatic carbocycles. The summed E-state index contributed by atoms with van der Waals surface area (Å²) < 4.78 is 5.19.